The number of hydrogen-bond acceptors (Lipinski definition) is 3. The first-order chi connectivity index (χ1) is 9.52. The number of ether oxygens (including phenoxy) is 1. The van der Waals surface area contributed by atoms with Crippen LogP contribution in [0.5, 0.6) is 5.75 Å². The molecular formula is C15H15FN2O2. The van der Waals surface area contributed by atoms with Gasteiger partial charge in [0.25, 0.3) is 5.91 Å². The normalized spacial score (nSPS) is 10.2. The Labute approximate surface area is 116 Å². The predicted molar refractivity (Wildman–Crippen MR) is 76.5 cm³/mol. The van der Waals surface area contributed by atoms with Crippen molar-refractivity contribution in [2.24, 2.45) is 0 Å². The molecule has 2 aromatic carbocycles. The number of carbonyl (C=O) groups is 1. The molecule has 0 saturated heterocycles. The molecule has 0 aliphatic rings. The first kappa shape index (κ1) is 13.9. The molecule has 0 unspecified atom stereocenters. The number of methoxy groups -OCH3 is 1. The molecule has 5 heteroatoms. The Morgan fingerprint density at radius 1 is 1.30 bits per heavy atom. The van der Waals surface area contributed by atoms with Crippen LogP contribution in [0, 0.1) is 12.7 Å². The quantitative estimate of drug-likeness (QED) is 0.846. The number of nitrogen functional groups attached to an aromatic ring is 1. The molecule has 0 saturated carbocycles. The Morgan fingerprint density at radius 3 is 2.70 bits per heavy atom. The fourth-order valence-corrected chi connectivity index (χ4v) is 1.82. The highest BCUT2D eigenvalue weighted by atomic mass is 19.1. The van der Waals surface area contributed by atoms with Gasteiger partial charge in [-0.05, 0) is 36.8 Å². The topological polar surface area (TPSA) is 64.3 Å². The van der Waals surface area contributed by atoms with Crippen molar-refractivity contribution < 1.29 is 13.9 Å². The zero-order valence-electron chi connectivity index (χ0n) is 11.2. The Hall–Kier alpha value is -2.56. The van der Waals surface area contributed by atoms with Gasteiger partial charge < -0.3 is 15.8 Å². The lowest BCUT2D eigenvalue weighted by atomic mass is 10.1. The fraction of sp³-hybridized carbons (Fsp3) is 0.133. The van der Waals surface area contributed by atoms with Crippen molar-refractivity contribution in [1.82, 2.24) is 0 Å². The molecule has 20 heavy (non-hydrogen) atoms. The number of rotatable bonds is 3. The molecule has 0 spiro atoms. The smallest absolute Gasteiger partial charge is 0.255 e. The minimum Gasteiger partial charge on any atom is -0.496 e. The van der Waals surface area contributed by atoms with Crippen LogP contribution in [0.2, 0.25) is 0 Å². The Balaban J connectivity index is 2.29. The van der Waals surface area contributed by atoms with E-state index in [1.165, 1.54) is 25.3 Å². The lowest BCUT2D eigenvalue weighted by Gasteiger charge is -2.10. The Bertz CT molecular complexity index is 636. The Kier molecular flexibility index (Phi) is 3.89. The summed E-state index contributed by atoms with van der Waals surface area (Å²) in [6.07, 6.45) is 0. The molecule has 4 nitrogen and oxygen atoms in total. The van der Waals surface area contributed by atoms with Crippen LogP contribution in [0.3, 0.4) is 0 Å². The number of nitrogens with one attached hydrogen (secondary N) is 1. The summed E-state index contributed by atoms with van der Waals surface area (Å²) in [6.45, 7) is 1.87. The van der Waals surface area contributed by atoms with Gasteiger partial charge >= 0.3 is 0 Å². The third-order valence-corrected chi connectivity index (χ3v) is 2.95. The zero-order valence-corrected chi connectivity index (χ0v) is 11.2. The second-order valence-corrected chi connectivity index (χ2v) is 4.34. The van der Waals surface area contributed by atoms with Gasteiger partial charge in [0.1, 0.15) is 17.3 Å². The molecule has 0 atom stereocenters. The number of aryl methyl sites for hydroxylation is 1. The van der Waals surface area contributed by atoms with E-state index in [9.17, 15) is 9.18 Å². The van der Waals surface area contributed by atoms with Gasteiger partial charge in [-0.15, -0.1) is 0 Å². The fourth-order valence-electron chi connectivity index (χ4n) is 1.82. The van der Waals surface area contributed by atoms with Crippen LogP contribution in [-0.2, 0) is 0 Å². The summed E-state index contributed by atoms with van der Waals surface area (Å²) in [4.78, 5) is 12.1. The highest BCUT2D eigenvalue weighted by molar-refractivity contribution is 6.06. The molecule has 0 aliphatic carbocycles. The number of para-hydroxylation sites is 1. The van der Waals surface area contributed by atoms with Gasteiger partial charge in [0.2, 0.25) is 0 Å². The van der Waals surface area contributed by atoms with Crippen molar-refractivity contribution in [1.29, 1.82) is 0 Å². The van der Waals surface area contributed by atoms with E-state index in [2.05, 4.69) is 5.32 Å². The van der Waals surface area contributed by atoms with Crippen LogP contribution in [0.1, 0.15) is 15.9 Å². The average Bonchev–Trinajstić information content (AvgIpc) is 2.43. The second-order valence-electron chi connectivity index (χ2n) is 4.34. The second kappa shape index (κ2) is 5.61. The third-order valence-electron chi connectivity index (χ3n) is 2.95. The van der Waals surface area contributed by atoms with Gasteiger partial charge in [0, 0.05) is 5.56 Å². The van der Waals surface area contributed by atoms with E-state index in [1.807, 2.05) is 6.92 Å². The van der Waals surface area contributed by atoms with Gasteiger partial charge in [-0.2, -0.15) is 0 Å². The molecule has 0 heterocycles. The van der Waals surface area contributed by atoms with Crippen LogP contribution < -0.4 is 15.8 Å². The highest BCUT2D eigenvalue weighted by Gasteiger charge is 2.13. The lowest BCUT2D eigenvalue weighted by Crippen LogP contribution is -2.14. The molecular weight excluding hydrogens is 259 g/mol. The number of nitrogens with two attached hydrogens (primary N) is 1. The minimum absolute atomic E-state index is 0.0166. The largest absolute Gasteiger partial charge is 0.496 e. The number of benzene rings is 2. The summed E-state index contributed by atoms with van der Waals surface area (Å²) in [7, 11) is 1.53. The number of halogens is 1. The molecule has 0 bridgehead atoms. The molecule has 0 radical (unpaired) electrons. The summed E-state index contributed by atoms with van der Waals surface area (Å²) < 4.78 is 18.8. The number of hydrogen-bond donors (Lipinski definition) is 2. The lowest BCUT2D eigenvalue weighted by molar-refractivity contribution is 0.102. The third kappa shape index (κ3) is 2.71. The van der Waals surface area contributed by atoms with Gasteiger partial charge in [0.15, 0.2) is 0 Å². The van der Waals surface area contributed by atoms with E-state index in [-0.39, 0.29) is 11.4 Å². The first-order valence-electron chi connectivity index (χ1n) is 6.03. The van der Waals surface area contributed by atoms with Gasteiger partial charge in [0.05, 0.1) is 12.8 Å². The standard InChI is InChI=1S/C15H15FN2O2/c1-9-6-7-10(8-13(9)20-2)15(19)18-14-11(16)4-3-5-12(14)17/h3-8H,17H2,1-2H3,(H,18,19). The molecule has 1 amide bonds. The van der Waals surface area contributed by atoms with Crippen molar-refractivity contribution in [3.63, 3.8) is 0 Å². The summed E-state index contributed by atoms with van der Waals surface area (Å²) in [5.41, 5.74) is 7.09. The Morgan fingerprint density at radius 2 is 2.05 bits per heavy atom. The van der Waals surface area contributed by atoms with E-state index < -0.39 is 11.7 Å². The van der Waals surface area contributed by atoms with Gasteiger partial charge in [-0.1, -0.05) is 12.1 Å². The molecule has 104 valence electrons. The van der Waals surface area contributed by atoms with E-state index >= 15 is 0 Å². The molecule has 0 aromatic heterocycles. The highest BCUT2D eigenvalue weighted by Crippen LogP contribution is 2.24. The molecule has 3 N–H and O–H groups in total. The average molecular weight is 274 g/mol. The van der Waals surface area contributed by atoms with Crippen molar-refractivity contribution in [3.8, 4) is 5.75 Å². The van der Waals surface area contributed by atoms with Crippen molar-refractivity contribution in [3.05, 3.63) is 53.3 Å². The predicted octanol–water partition coefficient (Wildman–Crippen LogP) is 2.98. The van der Waals surface area contributed by atoms with Crippen LogP contribution in [-0.4, -0.2) is 13.0 Å². The molecule has 0 fully saturated rings. The van der Waals surface area contributed by atoms with Crippen molar-refractivity contribution in [2.75, 3.05) is 18.2 Å². The number of carbonyl (C=O) groups excluding carboxylic acids is 1. The van der Waals surface area contributed by atoms with E-state index in [0.717, 1.165) is 5.56 Å². The summed E-state index contributed by atoms with van der Waals surface area (Å²) in [6, 6.07) is 9.25. The van der Waals surface area contributed by atoms with Crippen LogP contribution in [0.15, 0.2) is 36.4 Å². The zero-order chi connectivity index (χ0) is 14.7. The van der Waals surface area contributed by atoms with Crippen molar-refractivity contribution >= 4 is 17.3 Å². The van der Waals surface area contributed by atoms with Gasteiger partial charge in [-0.3, -0.25) is 4.79 Å². The molecule has 2 rings (SSSR count). The first-order valence-corrected chi connectivity index (χ1v) is 6.03. The van der Waals surface area contributed by atoms with Crippen molar-refractivity contribution in [2.45, 2.75) is 6.92 Å². The summed E-state index contributed by atoms with van der Waals surface area (Å²) >= 11 is 0. The monoisotopic (exact) mass is 274 g/mol. The SMILES string of the molecule is COc1cc(C(=O)Nc2c(N)cccc2F)ccc1C. The summed E-state index contributed by atoms with van der Waals surface area (Å²) in [5, 5.41) is 2.47. The number of anilines is 2. The van der Waals surface area contributed by atoms with Crippen LogP contribution >= 0.6 is 0 Å². The number of amides is 1. The van der Waals surface area contributed by atoms with E-state index in [4.69, 9.17) is 10.5 Å². The molecule has 2 aromatic rings. The van der Waals surface area contributed by atoms with Crippen LogP contribution in [0.25, 0.3) is 0 Å². The maximum Gasteiger partial charge on any atom is 0.255 e. The van der Waals surface area contributed by atoms with E-state index in [1.54, 1.807) is 18.2 Å². The van der Waals surface area contributed by atoms with Crippen LogP contribution in [0.4, 0.5) is 15.8 Å². The maximum atomic E-state index is 13.6. The summed E-state index contributed by atoms with van der Waals surface area (Å²) in [5.74, 6) is -0.420. The minimum atomic E-state index is -0.572. The maximum absolute atomic E-state index is 13.6. The van der Waals surface area contributed by atoms with E-state index in [0.29, 0.717) is 11.3 Å². The van der Waals surface area contributed by atoms with Gasteiger partial charge in [-0.25, -0.2) is 4.39 Å². The molecule has 0 aliphatic heterocycles.